The molecule has 0 radical (unpaired) electrons. The average molecular weight is 323 g/mol. The summed E-state index contributed by atoms with van der Waals surface area (Å²) in [5, 5.41) is 8.32. The normalized spacial score (nSPS) is 13.0. The van der Waals surface area contributed by atoms with Gasteiger partial charge in [0.2, 0.25) is 0 Å². The molecule has 1 nitrogen and oxygen atoms in total. The lowest BCUT2D eigenvalue weighted by atomic mass is 10.1. The Morgan fingerprint density at radius 2 is 2.33 bits per heavy atom. The van der Waals surface area contributed by atoms with E-state index in [2.05, 4.69) is 38.1 Å². The Hall–Kier alpha value is 0.130. The molecule has 80 valence electrons. The Morgan fingerprint density at radius 1 is 1.53 bits per heavy atom. The molecule has 2 rings (SSSR count). The van der Waals surface area contributed by atoms with Crippen LogP contribution in [0.25, 0.3) is 0 Å². The van der Waals surface area contributed by atoms with Crippen LogP contribution in [0.5, 0.6) is 0 Å². The van der Waals surface area contributed by atoms with Crippen molar-refractivity contribution in [2.24, 2.45) is 0 Å². The fourth-order valence-electron chi connectivity index (χ4n) is 1.42. The van der Waals surface area contributed by atoms with Crippen LogP contribution in [-0.4, -0.2) is 7.05 Å². The minimum absolute atomic E-state index is 0.241. The summed E-state index contributed by atoms with van der Waals surface area (Å²) in [6, 6.07) is 4.38. The first-order chi connectivity index (χ1) is 7.22. The topological polar surface area (TPSA) is 12.0 Å². The third kappa shape index (κ3) is 2.45. The van der Waals surface area contributed by atoms with Gasteiger partial charge < -0.3 is 5.32 Å². The van der Waals surface area contributed by atoms with E-state index in [1.54, 1.807) is 22.7 Å². The molecule has 0 bridgehead atoms. The fraction of sp³-hybridized carbons (Fsp3) is 0.200. The number of nitrogens with one attached hydrogen (secondary N) is 1. The lowest BCUT2D eigenvalue weighted by molar-refractivity contribution is 0.706. The summed E-state index contributed by atoms with van der Waals surface area (Å²) in [7, 11) is 1.96. The first-order valence-corrected chi connectivity index (χ1v) is 7.29. The zero-order valence-electron chi connectivity index (χ0n) is 7.96. The first kappa shape index (κ1) is 11.6. The Labute approximate surface area is 110 Å². The predicted octanol–water partition coefficient (Wildman–Crippen LogP) is 4.53. The molecule has 2 heterocycles. The summed E-state index contributed by atoms with van der Waals surface area (Å²) in [5.74, 6) is 0. The second-order valence-corrected chi connectivity index (χ2v) is 6.64. The molecule has 1 atom stereocenters. The van der Waals surface area contributed by atoms with Gasteiger partial charge in [0.25, 0.3) is 0 Å². The molecule has 0 aromatic carbocycles. The van der Waals surface area contributed by atoms with Crippen molar-refractivity contribution in [1.29, 1.82) is 0 Å². The van der Waals surface area contributed by atoms with Crippen molar-refractivity contribution in [2.75, 3.05) is 7.05 Å². The van der Waals surface area contributed by atoms with Gasteiger partial charge in [0.1, 0.15) is 0 Å². The van der Waals surface area contributed by atoms with E-state index >= 15 is 0 Å². The van der Waals surface area contributed by atoms with Crippen LogP contribution < -0.4 is 5.32 Å². The van der Waals surface area contributed by atoms with Gasteiger partial charge in [-0.1, -0.05) is 11.6 Å². The third-order valence-electron chi connectivity index (χ3n) is 2.11. The lowest BCUT2D eigenvalue weighted by Crippen LogP contribution is -2.15. The molecule has 1 N–H and O–H groups in total. The quantitative estimate of drug-likeness (QED) is 0.875. The Kier molecular flexibility index (Phi) is 3.85. The molecule has 0 spiro atoms. The third-order valence-corrected chi connectivity index (χ3v) is 5.35. The fourth-order valence-corrected chi connectivity index (χ4v) is 3.99. The van der Waals surface area contributed by atoms with Crippen LogP contribution in [-0.2, 0) is 0 Å². The Bertz CT molecular complexity index is 419. The van der Waals surface area contributed by atoms with Crippen LogP contribution in [0.4, 0.5) is 0 Å². The van der Waals surface area contributed by atoms with E-state index in [1.165, 1.54) is 10.4 Å². The van der Waals surface area contributed by atoms with Crippen molar-refractivity contribution >= 4 is 50.2 Å². The molecule has 2 aromatic heterocycles. The van der Waals surface area contributed by atoms with Gasteiger partial charge in [-0.15, -0.1) is 11.3 Å². The van der Waals surface area contributed by atoms with E-state index in [0.717, 1.165) is 8.81 Å². The van der Waals surface area contributed by atoms with Crippen LogP contribution in [0, 0.1) is 0 Å². The highest BCUT2D eigenvalue weighted by Crippen LogP contribution is 2.37. The number of hydrogen-bond donors (Lipinski definition) is 1. The largest absolute Gasteiger partial charge is 0.309 e. The van der Waals surface area contributed by atoms with Crippen molar-refractivity contribution < 1.29 is 0 Å². The molecule has 1 unspecified atom stereocenters. The van der Waals surface area contributed by atoms with Crippen molar-refractivity contribution in [3.05, 3.63) is 42.1 Å². The minimum atomic E-state index is 0.241. The van der Waals surface area contributed by atoms with Crippen molar-refractivity contribution in [3.8, 4) is 0 Å². The molecule has 0 aliphatic heterocycles. The van der Waals surface area contributed by atoms with E-state index in [4.69, 9.17) is 11.6 Å². The molecule has 0 fully saturated rings. The summed E-state index contributed by atoms with van der Waals surface area (Å²) in [6.45, 7) is 0. The first-order valence-electron chi connectivity index (χ1n) is 4.36. The summed E-state index contributed by atoms with van der Waals surface area (Å²) >= 11 is 12.8. The van der Waals surface area contributed by atoms with Crippen molar-refractivity contribution in [3.63, 3.8) is 0 Å². The van der Waals surface area contributed by atoms with Gasteiger partial charge >= 0.3 is 0 Å². The van der Waals surface area contributed by atoms with Crippen molar-refractivity contribution in [1.82, 2.24) is 5.32 Å². The van der Waals surface area contributed by atoms with Crippen LogP contribution >= 0.6 is 50.2 Å². The van der Waals surface area contributed by atoms with E-state index in [-0.39, 0.29) is 6.04 Å². The number of thiophene rings is 2. The highest BCUT2D eigenvalue weighted by atomic mass is 79.9. The molecule has 0 aliphatic carbocycles. The van der Waals surface area contributed by atoms with Gasteiger partial charge in [-0.3, -0.25) is 0 Å². The van der Waals surface area contributed by atoms with E-state index in [0.29, 0.717) is 0 Å². The summed E-state index contributed by atoms with van der Waals surface area (Å²) in [6.07, 6.45) is 0. The Balaban J connectivity index is 2.35. The Morgan fingerprint density at radius 3 is 2.80 bits per heavy atom. The second kappa shape index (κ2) is 4.97. The van der Waals surface area contributed by atoms with Crippen LogP contribution in [0.2, 0.25) is 5.02 Å². The van der Waals surface area contributed by atoms with Gasteiger partial charge in [0, 0.05) is 4.88 Å². The van der Waals surface area contributed by atoms with Gasteiger partial charge in [-0.25, -0.2) is 0 Å². The molecule has 15 heavy (non-hydrogen) atoms. The zero-order chi connectivity index (χ0) is 10.8. The zero-order valence-corrected chi connectivity index (χ0v) is 11.9. The van der Waals surface area contributed by atoms with Crippen molar-refractivity contribution in [2.45, 2.75) is 6.04 Å². The maximum Gasteiger partial charge on any atom is 0.0888 e. The SMILES string of the molecule is CNC(c1ccsc1)c1cc(Cl)c(Br)s1. The highest BCUT2D eigenvalue weighted by molar-refractivity contribution is 9.11. The molecule has 2 aromatic rings. The maximum atomic E-state index is 6.03. The second-order valence-electron chi connectivity index (χ2n) is 3.05. The number of rotatable bonds is 3. The standard InChI is InChI=1S/C10H9BrClNS2/c1-13-9(6-2-3-14-5-6)8-4-7(12)10(11)15-8/h2-5,9,13H,1H3. The van der Waals surface area contributed by atoms with Crippen LogP contribution in [0.3, 0.4) is 0 Å². The van der Waals surface area contributed by atoms with Gasteiger partial charge in [-0.05, 0) is 51.4 Å². The average Bonchev–Trinajstić information content (AvgIpc) is 2.80. The lowest BCUT2D eigenvalue weighted by Gasteiger charge is -2.12. The molecule has 0 saturated heterocycles. The minimum Gasteiger partial charge on any atom is -0.309 e. The number of halogens is 2. The summed E-state index contributed by atoms with van der Waals surface area (Å²) in [5.41, 5.74) is 1.29. The van der Waals surface area contributed by atoms with E-state index < -0.39 is 0 Å². The van der Waals surface area contributed by atoms with Gasteiger partial charge in [-0.2, -0.15) is 11.3 Å². The molecule has 0 amide bonds. The number of hydrogen-bond acceptors (Lipinski definition) is 3. The smallest absolute Gasteiger partial charge is 0.0888 e. The van der Waals surface area contributed by atoms with Crippen LogP contribution in [0.1, 0.15) is 16.5 Å². The summed E-state index contributed by atoms with van der Waals surface area (Å²) in [4.78, 5) is 1.23. The van der Waals surface area contributed by atoms with Gasteiger partial charge in [0.05, 0.1) is 14.9 Å². The van der Waals surface area contributed by atoms with E-state index in [9.17, 15) is 0 Å². The molecular formula is C10H9BrClNS2. The predicted molar refractivity (Wildman–Crippen MR) is 72.3 cm³/mol. The molecule has 0 saturated carbocycles. The monoisotopic (exact) mass is 321 g/mol. The van der Waals surface area contributed by atoms with Gasteiger partial charge in [0.15, 0.2) is 0 Å². The molecular weight excluding hydrogens is 314 g/mol. The van der Waals surface area contributed by atoms with E-state index in [1.807, 2.05) is 13.1 Å². The molecule has 5 heteroatoms. The highest BCUT2D eigenvalue weighted by Gasteiger charge is 2.16. The maximum absolute atomic E-state index is 6.03. The van der Waals surface area contributed by atoms with Crippen LogP contribution in [0.15, 0.2) is 26.7 Å². The molecule has 0 aliphatic rings. The summed E-state index contributed by atoms with van der Waals surface area (Å²) < 4.78 is 0.995.